The zero-order chi connectivity index (χ0) is 32.6. The van der Waals surface area contributed by atoms with Crippen LogP contribution < -0.4 is 25.8 Å². The van der Waals surface area contributed by atoms with Crippen molar-refractivity contribution < 1.29 is 36.9 Å². The fraction of sp³-hybridized carbons (Fsp3) is 0.387. The lowest BCUT2D eigenvalue weighted by molar-refractivity contribution is 0.0939. The van der Waals surface area contributed by atoms with Gasteiger partial charge in [0.15, 0.2) is 0 Å². The largest absolute Gasteiger partial charge is 0.506 e. The lowest BCUT2D eigenvalue weighted by Gasteiger charge is -2.33. The van der Waals surface area contributed by atoms with E-state index in [0.717, 1.165) is 48.5 Å². The molecule has 0 spiro atoms. The van der Waals surface area contributed by atoms with Gasteiger partial charge in [0.1, 0.15) is 29.7 Å². The first-order chi connectivity index (χ1) is 21.3. The van der Waals surface area contributed by atoms with Gasteiger partial charge in [-0.05, 0) is 73.7 Å². The van der Waals surface area contributed by atoms with Crippen molar-refractivity contribution >= 4 is 27.4 Å². The molecule has 2 amide bonds. The van der Waals surface area contributed by atoms with E-state index in [1.807, 2.05) is 24.3 Å². The Kier molecular flexibility index (Phi) is 11.4. The van der Waals surface area contributed by atoms with Crippen LogP contribution in [0.15, 0.2) is 60.7 Å². The quantitative estimate of drug-likeness (QED) is 0.153. The first-order valence-electron chi connectivity index (χ1n) is 14.5. The Bertz CT molecular complexity index is 1550. The normalized spacial score (nSPS) is 15.3. The molecule has 1 fully saturated rings. The van der Waals surface area contributed by atoms with Gasteiger partial charge in [-0.15, -0.1) is 0 Å². The van der Waals surface area contributed by atoms with Crippen LogP contribution in [-0.4, -0.2) is 73.7 Å². The van der Waals surface area contributed by atoms with Crippen LogP contribution in [0.2, 0.25) is 0 Å². The van der Waals surface area contributed by atoms with Crippen molar-refractivity contribution in [1.29, 1.82) is 0 Å². The van der Waals surface area contributed by atoms with Gasteiger partial charge < -0.3 is 36.2 Å². The molecule has 1 heterocycles. The van der Waals surface area contributed by atoms with Crippen molar-refractivity contribution in [3.8, 4) is 11.5 Å². The molecular formula is C31H39F2N5O6S. The lowest BCUT2D eigenvalue weighted by atomic mass is 10.0. The fourth-order valence-corrected chi connectivity index (χ4v) is 5.61. The molecule has 0 saturated carbocycles. The number of benzene rings is 3. The van der Waals surface area contributed by atoms with Crippen LogP contribution in [0, 0.1) is 11.6 Å². The number of sulfonamides is 1. The Morgan fingerprint density at radius 3 is 2.49 bits per heavy atom. The van der Waals surface area contributed by atoms with E-state index in [2.05, 4.69) is 15.4 Å². The van der Waals surface area contributed by atoms with E-state index in [-0.39, 0.29) is 60.4 Å². The smallest absolute Gasteiger partial charge is 0.317 e. The average molecular weight is 648 g/mol. The second-order valence-electron chi connectivity index (χ2n) is 11.2. The minimum atomic E-state index is -3.59. The van der Waals surface area contributed by atoms with Crippen LogP contribution in [0.1, 0.15) is 30.4 Å². The van der Waals surface area contributed by atoms with Crippen molar-refractivity contribution in [2.75, 3.05) is 36.0 Å². The van der Waals surface area contributed by atoms with Gasteiger partial charge in [-0.1, -0.05) is 12.1 Å². The average Bonchev–Trinajstić information content (AvgIpc) is 2.98. The van der Waals surface area contributed by atoms with Gasteiger partial charge in [0.2, 0.25) is 10.0 Å². The number of hydrogen-bond acceptors (Lipinski definition) is 8. The maximum atomic E-state index is 13.8. The molecule has 0 radical (unpaired) electrons. The Morgan fingerprint density at radius 2 is 1.80 bits per heavy atom. The number of phenols is 1. The Morgan fingerprint density at radius 1 is 1.09 bits per heavy atom. The number of carbonyl (C=O) groups excluding carboxylic acids is 1. The maximum absolute atomic E-state index is 13.8. The summed E-state index contributed by atoms with van der Waals surface area (Å²) in [5.41, 5.74) is 8.28. The molecule has 45 heavy (non-hydrogen) atoms. The highest BCUT2D eigenvalue weighted by Crippen LogP contribution is 2.29. The van der Waals surface area contributed by atoms with E-state index >= 15 is 0 Å². The van der Waals surface area contributed by atoms with E-state index < -0.39 is 27.8 Å². The number of anilines is 2. The summed E-state index contributed by atoms with van der Waals surface area (Å²) in [7, 11) is -3.59. The number of ether oxygens (including phenoxy) is 1. The number of aliphatic hydroxyl groups excluding tert-OH is 1. The van der Waals surface area contributed by atoms with E-state index in [1.54, 1.807) is 4.90 Å². The topological polar surface area (TPSA) is 166 Å². The summed E-state index contributed by atoms with van der Waals surface area (Å²) in [4.78, 5) is 14.2. The molecule has 0 aliphatic carbocycles. The molecule has 0 bridgehead atoms. The minimum absolute atomic E-state index is 0.0231. The van der Waals surface area contributed by atoms with Gasteiger partial charge in [0.25, 0.3) is 0 Å². The molecule has 1 aliphatic heterocycles. The Balaban J connectivity index is 1.16. The third-order valence-corrected chi connectivity index (χ3v) is 7.91. The minimum Gasteiger partial charge on any atom is -0.506 e. The molecule has 1 saturated heterocycles. The van der Waals surface area contributed by atoms with Gasteiger partial charge in [0, 0.05) is 49.0 Å². The van der Waals surface area contributed by atoms with Crippen LogP contribution in [0.3, 0.4) is 0 Å². The molecule has 2 atom stereocenters. The molecule has 14 heteroatoms. The van der Waals surface area contributed by atoms with E-state index in [4.69, 9.17) is 10.5 Å². The number of nitrogens with zero attached hydrogens (tertiary/aromatic N) is 1. The van der Waals surface area contributed by atoms with Crippen molar-refractivity contribution in [2.24, 2.45) is 5.73 Å². The molecular weight excluding hydrogens is 608 g/mol. The number of piperidine rings is 1. The van der Waals surface area contributed by atoms with Gasteiger partial charge in [-0.3, -0.25) is 4.72 Å². The predicted molar refractivity (Wildman–Crippen MR) is 168 cm³/mol. The summed E-state index contributed by atoms with van der Waals surface area (Å²) < 4.78 is 57.9. The number of phenolic OH excluding ortho intramolecular Hbond substituents is 1. The van der Waals surface area contributed by atoms with Crippen LogP contribution in [0.5, 0.6) is 11.5 Å². The van der Waals surface area contributed by atoms with Crippen molar-refractivity contribution in [3.05, 3.63) is 83.4 Å². The van der Waals surface area contributed by atoms with Gasteiger partial charge in [-0.2, -0.15) is 0 Å². The second-order valence-corrected chi connectivity index (χ2v) is 13.0. The number of nitrogens with one attached hydrogen (secondary N) is 3. The van der Waals surface area contributed by atoms with Crippen molar-refractivity contribution in [2.45, 2.75) is 50.4 Å². The number of urea groups is 1. The van der Waals surface area contributed by atoms with E-state index in [9.17, 15) is 32.2 Å². The summed E-state index contributed by atoms with van der Waals surface area (Å²) >= 11 is 0. The molecule has 11 nitrogen and oxygen atoms in total. The number of hydrogen-bond donors (Lipinski definition) is 6. The van der Waals surface area contributed by atoms with E-state index in [1.165, 1.54) is 18.2 Å². The summed E-state index contributed by atoms with van der Waals surface area (Å²) in [6.07, 6.45) is 2.37. The third kappa shape index (κ3) is 10.8. The number of rotatable bonds is 13. The Hall–Kier alpha value is -4.14. The van der Waals surface area contributed by atoms with Crippen molar-refractivity contribution in [1.82, 2.24) is 10.2 Å². The number of aliphatic hydroxyl groups is 1. The lowest BCUT2D eigenvalue weighted by Crippen LogP contribution is -2.46. The number of aromatic hydroxyl groups is 1. The zero-order valence-electron chi connectivity index (χ0n) is 24.9. The number of amides is 2. The number of carbonyl (C=O) groups is 1. The molecule has 0 aromatic heterocycles. The first-order valence-corrected chi connectivity index (χ1v) is 16.4. The van der Waals surface area contributed by atoms with Crippen LogP contribution in [0.4, 0.5) is 25.0 Å². The molecule has 3 aromatic rings. The Labute approximate surface area is 261 Å². The second kappa shape index (κ2) is 15.2. The van der Waals surface area contributed by atoms with Crippen molar-refractivity contribution in [3.63, 3.8) is 0 Å². The van der Waals surface area contributed by atoms with E-state index in [0.29, 0.717) is 19.5 Å². The molecule has 1 aliphatic rings. The molecule has 244 valence electrons. The zero-order valence-corrected chi connectivity index (χ0v) is 25.7. The highest BCUT2D eigenvalue weighted by Gasteiger charge is 2.23. The molecule has 3 aromatic carbocycles. The highest BCUT2D eigenvalue weighted by molar-refractivity contribution is 7.92. The molecule has 2 unspecified atom stereocenters. The number of halogens is 2. The predicted octanol–water partition coefficient (Wildman–Crippen LogP) is 3.53. The molecule has 4 rings (SSSR count). The monoisotopic (exact) mass is 647 g/mol. The standard InChI is InChI=1S/C31H39F2N5O6S/c1-45(42,43)37-29-17-27(7-9-30(29)40)44-19-26(39)16-23(34)14-20-2-5-24(6-3-20)36-25-10-12-38(13-11-25)31(41)35-18-21-15-22(32)4-8-28(21)33/h2-9,15,17,23,25-26,36-37,39-40H,10-14,16,18-19,34H2,1H3,(H,35,41). The third-order valence-electron chi connectivity index (χ3n) is 7.32. The maximum Gasteiger partial charge on any atom is 0.317 e. The number of likely N-dealkylation sites (tertiary alicyclic amines) is 1. The van der Waals surface area contributed by atoms with Gasteiger partial charge in [0.05, 0.1) is 18.0 Å². The van der Waals surface area contributed by atoms with Gasteiger partial charge >= 0.3 is 6.03 Å². The fourth-order valence-electron chi connectivity index (χ4n) is 5.04. The van der Waals surface area contributed by atoms with Crippen LogP contribution in [0.25, 0.3) is 0 Å². The first kappa shape index (κ1) is 33.7. The highest BCUT2D eigenvalue weighted by atomic mass is 32.2. The summed E-state index contributed by atoms with van der Waals surface area (Å²) in [6.45, 7) is 0.904. The summed E-state index contributed by atoms with van der Waals surface area (Å²) in [5.74, 6) is -1.09. The summed E-state index contributed by atoms with van der Waals surface area (Å²) in [5, 5.41) is 26.4. The van der Waals surface area contributed by atoms with Crippen LogP contribution >= 0.6 is 0 Å². The molecule has 7 N–H and O–H groups in total. The van der Waals surface area contributed by atoms with Gasteiger partial charge in [-0.25, -0.2) is 22.0 Å². The van der Waals surface area contributed by atoms with Crippen LogP contribution in [-0.2, 0) is 23.0 Å². The summed E-state index contributed by atoms with van der Waals surface area (Å²) in [6, 6.07) is 14.6. The number of nitrogens with two attached hydrogens (primary N) is 1. The SMILES string of the molecule is CS(=O)(=O)Nc1cc(OCC(O)CC(N)Cc2ccc(NC3CCN(C(=O)NCc4cc(F)ccc4F)CC3)cc2)ccc1O.